The van der Waals surface area contributed by atoms with Crippen molar-refractivity contribution in [1.29, 1.82) is 0 Å². The molecule has 2 aliphatic heterocycles. The molecule has 1 aromatic carbocycles. The molecule has 6 rings (SSSR count). The summed E-state index contributed by atoms with van der Waals surface area (Å²) in [6.45, 7) is 9.26. The smallest absolute Gasteiger partial charge is 0.280 e. The minimum atomic E-state index is -1.42. The number of anilines is 1. The first-order valence-corrected chi connectivity index (χ1v) is 17.1. The second-order valence-corrected chi connectivity index (χ2v) is 11.8. The molecule has 2 unspecified atom stereocenters. The van der Waals surface area contributed by atoms with Gasteiger partial charge in [0.05, 0.1) is 20.3 Å². The Morgan fingerprint density at radius 3 is 2.56 bits per heavy atom. The largest absolute Gasteiger partial charge is 0.493 e. The van der Waals surface area contributed by atoms with Gasteiger partial charge in [0, 0.05) is 42.6 Å². The zero-order valence-electron chi connectivity index (χ0n) is 25.8. The minimum absolute atomic E-state index is 0.0107. The summed E-state index contributed by atoms with van der Waals surface area (Å²) < 4.78 is 44.6. The van der Waals surface area contributed by atoms with Gasteiger partial charge in [-0.1, -0.05) is 19.9 Å². The molecule has 0 N–H and O–H groups in total. The van der Waals surface area contributed by atoms with Gasteiger partial charge >= 0.3 is 0 Å². The molecule has 13 heteroatoms. The zero-order chi connectivity index (χ0) is 31.4. The van der Waals surface area contributed by atoms with E-state index in [1.165, 1.54) is 23.9 Å². The number of hydrogen-bond donors (Lipinski definition) is 1. The van der Waals surface area contributed by atoms with Gasteiger partial charge < -0.3 is 18.9 Å². The van der Waals surface area contributed by atoms with Crippen molar-refractivity contribution in [2.45, 2.75) is 72.0 Å². The molecule has 4 heterocycles. The zero-order valence-corrected chi connectivity index (χ0v) is 27.5. The molecule has 10 nitrogen and oxygen atoms in total. The predicted molar refractivity (Wildman–Crippen MR) is 172 cm³/mol. The van der Waals surface area contributed by atoms with Crippen molar-refractivity contribution < 1.29 is 22.9 Å². The number of likely N-dealkylation sites (N-methyl/N-ethyl adjacent to an activating group) is 1. The third-order valence-corrected chi connectivity index (χ3v) is 9.21. The van der Waals surface area contributed by atoms with Crippen LogP contribution in [0.4, 0.5) is 10.2 Å². The SMILES string of the molecule is CC.CCN1CC(C)n2c(c(OC)c3c(=O)n4nc(c32)N(C2CC2)S(=O)CCCCOc2cc(F)ccc2C4)C1=O.CS. The van der Waals surface area contributed by atoms with E-state index < -0.39 is 22.4 Å². The Morgan fingerprint density at radius 1 is 1.19 bits per heavy atom. The first-order valence-electron chi connectivity index (χ1n) is 14.9. The molecular formula is C30H42FN5O5S2. The molecule has 0 radical (unpaired) electrons. The highest BCUT2D eigenvalue weighted by atomic mass is 32.2. The summed E-state index contributed by atoms with van der Waals surface area (Å²) in [5.41, 5.74) is 0.936. The number of ether oxygens (including phenoxy) is 2. The summed E-state index contributed by atoms with van der Waals surface area (Å²) >= 11 is 3.53. The predicted octanol–water partition coefficient (Wildman–Crippen LogP) is 4.81. The molecule has 1 fully saturated rings. The van der Waals surface area contributed by atoms with Crippen LogP contribution in [0.5, 0.6) is 11.5 Å². The molecule has 0 saturated heterocycles. The Hall–Kier alpha value is -3.06. The first kappa shape index (κ1) is 32.8. The van der Waals surface area contributed by atoms with Crippen molar-refractivity contribution in [2.24, 2.45) is 0 Å². The molecule has 236 valence electrons. The molecule has 43 heavy (non-hydrogen) atoms. The number of thiol groups is 1. The van der Waals surface area contributed by atoms with Gasteiger partial charge in [0.15, 0.2) is 17.3 Å². The van der Waals surface area contributed by atoms with Crippen LogP contribution in [0.1, 0.15) is 75.5 Å². The van der Waals surface area contributed by atoms with Crippen LogP contribution in [0.15, 0.2) is 23.0 Å². The molecule has 2 bridgehead atoms. The summed E-state index contributed by atoms with van der Waals surface area (Å²) in [6.07, 6.45) is 4.70. The van der Waals surface area contributed by atoms with Crippen molar-refractivity contribution in [1.82, 2.24) is 19.2 Å². The Labute approximate surface area is 260 Å². The van der Waals surface area contributed by atoms with E-state index in [2.05, 4.69) is 12.6 Å². The Balaban J connectivity index is 0.00000102. The molecule has 3 aromatic rings. The van der Waals surface area contributed by atoms with Gasteiger partial charge in [-0.05, 0) is 51.9 Å². The minimum Gasteiger partial charge on any atom is -0.493 e. The summed E-state index contributed by atoms with van der Waals surface area (Å²) in [5.74, 6) is 0.678. The maximum atomic E-state index is 14.1. The highest BCUT2D eigenvalue weighted by molar-refractivity contribution is 7.86. The van der Waals surface area contributed by atoms with Gasteiger partial charge in [-0.3, -0.25) is 13.9 Å². The highest BCUT2D eigenvalue weighted by Gasteiger charge is 2.41. The van der Waals surface area contributed by atoms with E-state index in [1.54, 1.807) is 17.2 Å². The van der Waals surface area contributed by atoms with E-state index in [4.69, 9.17) is 14.6 Å². The lowest BCUT2D eigenvalue weighted by atomic mass is 10.2. The maximum absolute atomic E-state index is 14.1. The van der Waals surface area contributed by atoms with Gasteiger partial charge in [0.25, 0.3) is 11.5 Å². The number of rotatable bonds is 3. The summed E-state index contributed by atoms with van der Waals surface area (Å²) in [7, 11) is 0.0339. The number of aromatic nitrogens is 3. The number of halogens is 1. The van der Waals surface area contributed by atoms with Crippen LogP contribution in [0, 0.1) is 5.82 Å². The van der Waals surface area contributed by atoms with E-state index in [1.807, 2.05) is 36.6 Å². The Bertz CT molecular complexity index is 1550. The van der Waals surface area contributed by atoms with E-state index in [0.717, 1.165) is 12.8 Å². The third kappa shape index (κ3) is 6.15. The highest BCUT2D eigenvalue weighted by Crippen LogP contribution is 2.43. The van der Waals surface area contributed by atoms with Crippen LogP contribution in [0.3, 0.4) is 0 Å². The van der Waals surface area contributed by atoms with Crippen LogP contribution >= 0.6 is 12.6 Å². The van der Waals surface area contributed by atoms with Crippen molar-refractivity contribution in [3.05, 3.63) is 45.6 Å². The summed E-state index contributed by atoms with van der Waals surface area (Å²) in [6, 6.07) is 4.09. The lowest BCUT2D eigenvalue weighted by molar-refractivity contribution is 0.0685. The molecule has 1 saturated carbocycles. The molecular weight excluding hydrogens is 593 g/mol. The molecule has 1 amide bonds. The van der Waals surface area contributed by atoms with Gasteiger partial charge in [0.2, 0.25) is 0 Å². The number of hydrogen-bond acceptors (Lipinski definition) is 7. The topological polar surface area (TPSA) is 98.9 Å². The number of fused-ring (bicyclic) bond motifs is 7. The normalized spacial score (nSPS) is 20.1. The summed E-state index contributed by atoms with van der Waals surface area (Å²) in [5, 5.41) is 5.05. The fourth-order valence-corrected chi connectivity index (χ4v) is 7.14. The van der Waals surface area contributed by atoms with Gasteiger partial charge in [0.1, 0.15) is 33.5 Å². The third-order valence-electron chi connectivity index (χ3n) is 7.66. The summed E-state index contributed by atoms with van der Waals surface area (Å²) in [4.78, 5) is 29.4. The lowest BCUT2D eigenvalue weighted by Gasteiger charge is -2.33. The van der Waals surface area contributed by atoms with Crippen molar-refractivity contribution in [3.63, 3.8) is 0 Å². The quantitative estimate of drug-likeness (QED) is 0.415. The van der Waals surface area contributed by atoms with Crippen molar-refractivity contribution in [2.75, 3.05) is 43.1 Å². The Morgan fingerprint density at radius 2 is 1.91 bits per heavy atom. The number of amides is 1. The average molecular weight is 636 g/mol. The Kier molecular flexibility index (Phi) is 10.8. The monoisotopic (exact) mass is 635 g/mol. The molecule has 1 aliphatic carbocycles. The molecule has 2 aromatic heterocycles. The molecule has 2 atom stereocenters. The van der Waals surface area contributed by atoms with Crippen LogP contribution in [-0.4, -0.2) is 74.2 Å². The van der Waals surface area contributed by atoms with E-state index >= 15 is 0 Å². The van der Waals surface area contributed by atoms with E-state index in [-0.39, 0.29) is 35.7 Å². The average Bonchev–Trinajstić information content (AvgIpc) is 3.78. The van der Waals surface area contributed by atoms with Crippen LogP contribution in [0.25, 0.3) is 10.9 Å². The van der Waals surface area contributed by atoms with Gasteiger partial charge in [-0.15, -0.1) is 5.10 Å². The van der Waals surface area contributed by atoms with Gasteiger partial charge in [-0.2, -0.15) is 12.6 Å². The van der Waals surface area contributed by atoms with Gasteiger partial charge in [-0.25, -0.2) is 13.3 Å². The second-order valence-electron chi connectivity index (χ2n) is 10.3. The number of carbonyl (C=O) groups excluding carboxylic acids is 1. The number of benzene rings is 1. The molecule has 0 spiro atoms. The fraction of sp³-hybridized carbons (Fsp3) is 0.567. The van der Waals surface area contributed by atoms with Crippen molar-refractivity contribution in [3.8, 4) is 11.5 Å². The van der Waals surface area contributed by atoms with Crippen LogP contribution < -0.4 is 19.3 Å². The van der Waals surface area contributed by atoms with Crippen molar-refractivity contribution >= 4 is 46.2 Å². The second kappa shape index (κ2) is 14.1. The molecule has 3 aliphatic rings. The number of methoxy groups -OCH3 is 1. The maximum Gasteiger partial charge on any atom is 0.280 e. The lowest BCUT2D eigenvalue weighted by Crippen LogP contribution is -2.42. The van der Waals surface area contributed by atoms with E-state index in [9.17, 15) is 18.2 Å². The van der Waals surface area contributed by atoms with E-state index in [0.29, 0.717) is 66.6 Å². The van der Waals surface area contributed by atoms with Crippen LogP contribution in [-0.2, 0) is 17.5 Å². The standard InChI is InChI=1S/C27H32FN5O5S.C2H6.CH4S/c1-4-30-14-16(2)32-22-21(24(37-3)23(32)27(30)35)26(34)31-15-17-7-8-18(28)13-20(17)38-11-5-6-12-39(36)33(19-9-10-19)25(22)29-31;2*1-2/h7-8,13,16,19H,4-6,9-12,14-15H2,1-3H3;1-2H3;2H,1H3. The number of carbonyl (C=O) groups is 1. The van der Waals surface area contributed by atoms with Crippen LogP contribution in [0.2, 0.25) is 0 Å². The number of nitrogens with zero attached hydrogens (tertiary/aromatic N) is 5. The first-order chi connectivity index (χ1) is 20.8. The fourth-order valence-electron chi connectivity index (χ4n) is 5.63.